The van der Waals surface area contributed by atoms with Crippen LogP contribution in [0.15, 0.2) is 6.33 Å². The SMILES string of the molecule is CN1CCC(CNc2ncnc(N)c2[N+](=O)[O-])C1. The second-order valence-corrected chi connectivity index (χ2v) is 4.51. The van der Waals surface area contributed by atoms with Crippen molar-refractivity contribution in [2.75, 3.05) is 37.7 Å². The zero-order valence-electron chi connectivity index (χ0n) is 10.2. The van der Waals surface area contributed by atoms with Gasteiger partial charge >= 0.3 is 5.69 Å². The zero-order chi connectivity index (χ0) is 13.1. The molecule has 98 valence electrons. The molecule has 0 saturated carbocycles. The molecule has 0 amide bonds. The first kappa shape index (κ1) is 12.5. The number of nitrogens with one attached hydrogen (secondary N) is 1. The van der Waals surface area contributed by atoms with E-state index < -0.39 is 4.92 Å². The molecule has 1 atom stereocenters. The summed E-state index contributed by atoms with van der Waals surface area (Å²) in [5.74, 6) is 0.564. The van der Waals surface area contributed by atoms with Gasteiger partial charge in [-0.1, -0.05) is 0 Å². The van der Waals surface area contributed by atoms with Gasteiger partial charge in [0.1, 0.15) is 6.33 Å². The van der Waals surface area contributed by atoms with Gasteiger partial charge in [0, 0.05) is 13.1 Å². The van der Waals surface area contributed by atoms with E-state index in [4.69, 9.17) is 5.73 Å². The fraction of sp³-hybridized carbons (Fsp3) is 0.600. The lowest BCUT2D eigenvalue weighted by Gasteiger charge is -2.12. The average Bonchev–Trinajstić information content (AvgIpc) is 2.72. The monoisotopic (exact) mass is 252 g/mol. The maximum absolute atomic E-state index is 10.9. The summed E-state index contributed by atoms with van der Waals surface area (Å²) < 4.78 is 0. The van der Waals surface area contributed by atoms with Crippen LogP contribution in [0.3, 0.4) is 0 Å². The van der Waals surface area contributed by atoms with Crippen LogP contribution in [0.1, 0.15) is 6.42 Å². The van der Waals surface area contributed by atoms with E-state index in [0.29, 0.717) is 12.5 Å². The Morgan fingerprint density at radius 3 is 3.06 bits per heavy atom. The highest BCUT2D eigenvalue weighted by molar-refractivity contribution is 5.67. The zero-order valence-corrected chi connectivity index (χ0v) is 10.2. The lowest BCUT2D eigenvalue weighted by atomic mass is 10.1. The van der Waals surface area contributed by atoms with E-state index >= 15 is 0 Å². The van der Waals surface area contributed by atoms with Crippen LogP contribution in [-0.4, -0.2) is 46.5 Å². The molecule has 1 fully saturated rings. The normalized spacial score (nSPS) is 19.9. The quantitative estimate of drug-likeness (QED) is 0.586. The number of likely N-dealkylation sites (tertiary alicyclic amines) is 1. The Hall–Kier alpha value is -1.96. The summed E-state index contributed by atoms with van der Waals surface area (Å²) in [6, 6.07) is 0. The van der Waals surface area contributed by atoms with Crippen molar-refractivity contribution in [3.8, 4) is 0 Å². The molecule has 3 N–H and O–H groups in total. The summed E-state index contributed by atoms with van der Waals surface area (Å²) in [5.41, 5.74) is 5.24. The number of nitrogens with zero attached hydrogens (tertiary/aromatic N) is 4. The van der Waals surface area contributed by atoms with Gasteiger partial charge < -0.3 is 16.0 Å². The minimum atomic E-state index is -0.557. The van der Waals surface area contributed by atoms with Crippen molar-refractivity contribution in [1.29, 1.82) is 0 Å². The Kier molecular flexibility index (Phi) is 3.56. The van der Waals surface area contributed by atoms with Crippen molar-refractivity contribution in [2.24, 2.45) is 5.92 Å². The Labute approximate surface area is 104 Å². The Balaban J connectivity index is 2.05. The van der Waals surface area contributed by atoms with Crippen LogP contribution < -0.4 is 11.1 Å². The van der Waals surface area contributed by atoms with Crippen molar-refractivity contribution < 1.29 is 4.92 Å². The predicted octanol–water partition coefficient (Wildman–Crippen LogP) is 0.331. The molecule has 0 aromatic carbocycles. The molecule has 1 aromatic heterocycles. The highest BCUT2D eigenvalue weighted by Crippen LogP contribution is 2.26. The average molecular weight is 252 g/mol. The van der Waals surface area contributed by atoms with Crippen molar-refractivity contribution in [3.63, 3.8) is 0 Å². The van der Waals surface area contributed by atoms with Crippen LogP contribution in [0.5, 0.6) is 0 Å². The molecule has 1 aromatic rings. The number of rotatable bonds is 4. The summed E-state index contributed by atoms with van der Waals surface area (Å²) >= 11 is 0. The number of aromatic nitrogens is 2. The predicted molar refractivity (Wildman–Crippen MR) is 67.2 cm³/mol. The van der Waals surface area contributed by atoms with Crippen LogP contribution in [0.2, 0.25) is 0 Å². The van der Waals surface area contributed by atoms with Gasteiger partial charge in [-0.05, 0) is 25.9 Å². The molecule has 0 bridgehead atoms. The van der Waals surface area contributed by atoms with Crippen LogP contribution in [0.4, 0.5) is 17.3 Å². The number of nitro groups is 1. The van der Waals surface area contributed by atoms with Crippen LogP contribution >= 0.6 is 0 Å². The molecule has 1 saturated heterocycles. The minimum Gasteiger partial charge on any atom is -0.378 e. The van der Waals surface area contributed by atoms with Gasteiger partial charge in [0.2, 0.25) is 11.6 Å². The molecule has 2 heterocycles. The molecule has 8 heteroatoms. The van der Waals surface area contributed by atoms with Crippen molar-refractivity contribution in [2.45, 2.75) is 6.42 Å². The summed E-state index contributed by atoms with van der Waals surface area (Å²) in [6.45, 7) is 2.70. The Morgan fingerprint density at radius 1 is 1.67 bits per heavy atom. The molecule has 1 unspecified atom stereocenters. The molecule has 1 aliphatic rings. The molecule has 0 spiro atoms. The molecule has 2 rings (SSSR count). The van der Waals surface area contributed by atoms with E-state index in [0.717, 1.165) is 19.5 Å². The van der Waals surface area contributed by atoms with E-state index in [1.54, 1.807) is 0 Å². The topological polar surface area (TPSA) is 110 Å². The van der Waals surface area contributed by atoms with E-state index in [1.165, 1.54) is 6.33 Å². The van der Waals surface area contributed by atoms with Gasteiger partial charge in [0.05, 0.1) is 4.92 Å². The molecule has 0 aliphatic carbocycles. The van der Waals surface area contributed by atoms with Crippen molar-refractivity contribution >= 4 is 17.3 Å². The summed E-state index contributed by atoms with van der Waals surface area (Å²) in [5, 5.41) is 13.9. The van der Waals surface area contributed by atoms with Crippen LogP contribution in [0, 0.1) is 16.0 Å². The second-order valence-electron chi connectivity index (χ2n) is 4.51. The van der Waals surface area contributed by atoms with E-state index in [-0.39, 0.29) is 17.3 Å². The lowest BCUT2D eigenvalue weighted by Crippen LogP contribution is -2.20. The summed E-state index contributed by atoms with van der Waals surface area (Å²) in [6.07, 6.45) is 2.31. The van der Waals surface area contributed by atoms with Gasteiger partial charge in [-0.25, -0.2) is 9.97 Å². The highest BCUT2D eigenvalue weighted by atomic mass is 16.6. The molecular formula is C10H16N6O2. The first-order chi connectivity index (χ1) is 8.58. The number of nitrogens with two attached hydrogens (primary N) is 1. The Morgan fingerprint density at radius 2 is 2.44 bits per heavy atom. The number of anilines is 2. The molecule has 1 aliphatic heterocycles. The maximum atomic E-state index is 10.9. The Bertz CT molecular complexity index is 452. The van der Waals surface area contributed by atoms with Gasteiger partial charge in [0.25, 0.3) is 0 Å². The molecule has 0 radical (unpaired) electrons. The molecular weight excluding hydrogens is 236 g/mol. The first-order valence-electron chi connectivity index (χ1n) is 5.75. The minimum absolute atomic E-state index is 0.110. The largest absolute Gasteiger partial charge is 0.378 e. The fourth-order valence-electron chi connectivity index (χ4n) is 2.14. The third-order valence-electron chi connectivity index (χ3n) is 3.08. The van der Waals surface area contributed by atoms with E-state index in [2.05, 4.69) is 27.2 Å². The van der Waals surface area contributed by atoms with Gasteiger partial charge in [-0.2, -0.15) is 0 Å². The van der Waals surface area contributed by atoms with Crippen LogP contribution in [-0.2, 0) is 0 Å². The van der Waals surface area contributed by atoms with Gasteiger partial charge in [0.15, 0.2) is 0 Å². The third kappa shape index (κ3) is 2.65. The third-order valence-corrected chi connectivity index (χ3v) is 3.08. The number of hydrogen-bond acceptors (Lipinski definition) is 7. The van der Waals surface area contributed by atoms with Crippen molar-refractivity contribution in [3.05, 3.63) is 16.4 Å². The van der Waals surface area contributed by atoms with Gasteiger partial charge in [-0.15, -0.1) is 0 Å². The summed E-state index contributed by atoms with van der Waals surface area (Å²) in [4.78, 5) is 20.1. The lowest BCUT2D eigenvalue weighted by molar-refractivity contribution is -0.383. The number of nitrogen functional groups attached to an aromatic ring is 1. The molecule has 8 nitrogen and oxygen atoms in total. The van der Waals surface area contributed by atoms with E-state index in [1.807, 2.05) is 0 Å². The standard InChI is InChI=1S/C10H16N6O2/c1-15-3-2-7(5-15)4-12-10-8(16(17)18)9(11)13-6-14-10/h6-7H,2-5H2,1H3,(H3,11,12,13,14). The number of hydrogen-bond donors (Lipinski definition) is 2. The maximum Gasteiger partial charge on any atom is 0.352 e. The van der Waals surface area contributed by atoms with Crippen molar-refractivity contribution in [1.82, 2.24) is 14.9 Å². The fourth-order valence-corrected chi connectivity index (χ4v) is 2.14. The van der Waals surface area contributed by atoms with E-state index in [9.17, 15) is 10.1 Å². The smallest absolute Gasteiger partial charge is 0.352 e. The van der Waals surface area contributed by atoms with Gasteiger partial charge in [-0.3, -0.25) is 10.1 Å². The molecule has 18 heavy (non-hydrogen) atoms. The van der Waals surface area contributed by atoms with Crippen LogP contribution in [0.25, 0.3) is 0 Å². The second kappa shape index (κ2) is 5.13. The first-order valence-corrected chi connectivity index (χ1v) is 5.75. The summed E-state index contributed by atoms with van der Waals surface area (Å²) in [7, 11) is 2.06. The highest BCUT2D eigenvalue weighted by Gasteiger charge is 2.23.